The summed E-state index contributed by atoms with van der Waals surface area (Å²) < 4.78 is 4.97. The van der Waals surface area contributed by atoms with Crippen LogP contribution in [0.2, 0.25) is 5.02 Å². The number of methoxy groups -OCH3 is 1. The Morgan fingerprint density at radius 2 is 2.28 bits per heavy atom. The summed E-state index contributed by atoms with van der Waals surface area (Å²) in [6.45, 7) is 0. The molecule has 0 radical (unpaired) electrons. The Balaban J connectivity index is 2.39. The van der Waals surface area contributed by atoms with Gasteiger partial charge >= 0.3 is 0 Å². The number of phenols is 1. The molecule has 0 saturated heterocycles. The molecule has 0 fully saturated rings. The zero-order chi connectivity index (χ0) is 13.3. The summed E-state index contributed by atoms with van der Waals surface area (Å²) in [5.74, 6) is -0.290. The van der Waals surface area contributed by atoms with Crippen LogP contribution in [-0.2, 0) is 4.79 Å². The molecule has 0 spiro atoms. The predicted octanol–water partition coefficient (Wildman–Crippen LogP) is 1.98. The number of benzene rings is 1. The van der Waals surface area contributed by atoms with Gasteiger partial charge in [-0.3, -0.25) is 4.79 Å². The van der Waals surface area contributed by atoms with Gasteiger partial charge in [0, 0.05) is 0 Å². The third kappa shape index (κ3) is 2.44. The Labute approximate surface area is 112 Å². The number of nitrogens with two attached hydrogens (primary N) is 1. The third-order valence-electron chi connectivity index (χ3n) is 2.21. The molecule has 0 aromatic heterocycles. The molecule has 5 nitrogen and oxygen atoms in total. The molecule has 1 aliphatic rings. The van der Waals surface area contributed by atoms with E-state index in [4.69, 9.17) is 22.1 Å². The molecule has 1 aromatic rings. The number of phenolic OH excluding ortho intramolecular Hbond substituents is 1. The monoisotopic (exact) mass is 284 g/mol. The van der Waals surface area contributed by atoms with Crippen LogP contribution in [0.5, 0.6) is 11.5 Å². The summed E-state index contributed by atoms with van der Waals surface area (Å²) in [6.07, 6.45) is 1.59. The summed E-state index contributed by atoms with van der Waals surface area (Å²) in [6, 6.07) is 3.09. The van der Waals surface area contributed by atoms with E-state index in [9.17, 15) is 9.90 Å². The quantitative estimate of drug-likeness (QED) is 0.811. The minimum Gasteiger partial charge on any atom is -0.503 e. The molecule has 0 bridgehead atoms. The number of carbonyl (C=O) groups is 1. The number of hydrogen-bond acceptors (Lipinski definition) is 5. The summed E-state index contributed by atoms with van der Waals surface area (Å²) in [5, 5.41) is 9.94. The number of ether oxygens (including phenoxy) is 1. The molecule has 0 saturated carbocycles. The molecule has 18 heavy (non-hydrogen) atoms. The van der Waals surface area contributed by atoms with Crippen molar-refractivity contribution in [2.75, 3.05) is 7.11 Å². The van der Waals surface area contributed by atoms with Gasteiger partial charge in [-0.15, -0.1) is 0 Å². The molecule has 0 atom stereocenters. The van der Waals surface area contributed by atoms with E-state index in [1.807, 2.05) is 0 Å². The number of aliphatic imine (C=N–C) groups is 1. The normalized spacial score (nSPS) is 17.1. The maximum Gasteiger partial charge on any atom is 0.286 e. The standard InChI is InChI=1S/C11H9ClN2O3S/c1-17-7-3-5(2-6(12)9(7)15)4-8-10(16)14-11(13)18-8/h2-4,15H,1H3,(H2,13,14,16). The predicted molar refractivity (Wildman–Crippen MR) is 71.9 cm³/mol. The van der Waals surface area contributed by atoms with E-state index in [-0.39, 0.29) is 27.6 Å². The second kappa shape index (κ2) is 4.91. The molecular formula is C11H9ClN2O3S. The second-order valence-corrected chi connectivity index (χ2v) is 4.89. The van der Waals surface area contributed by atoms with Crippen LogP contribution in [0.1, 0.15) is 5.56 Å². The lowest BCUT2D eigenvalue weighted by Crippen LogP contribution is -2.01. The van der Waals surface area contributed by atoms with Gasteiger partial charge in [0.15, 0.2) is 16.7 Å². The average Bonchev–Trinajstić information content (AvgIpc) is 2.62. The van der Waals surface area contributed by atoms with E-state index >= 15 is 0 Å². The van der Waals surface area contributed by atoms with Gasteiger partial charge in [-0.2, -0.15) is 4.99 Å². The van der Waals surface area contributed by atoms with E-state index < -0.39 is 0 Å². The molecule has 1 amide bonds. The lowest BCUT2D eigenvalue weighted by atomic mass is 10.2. The van der Waals surface area contributed by atoms with Crippen LogP contribution in [0.25, 0.3) is 6.08 Å². The van der Waals surface area contributed by atoms with Crippen LogP contribution < -0.4 is 10.5 Å². The first-order valence-corrected chi connectivity index (χ1v) is 6.05. The highest BCUT2D eigenvalue weighted by Crippen LogP contribution is 2.36. The Hall–Kier alpha value is -1.66. The van der Waals surface area contributed by atoms with Gasteiger partial charge in [0.25, 0.3) is 5.91 Å². The fourth-order valence-corrected chi connectivity index (χ4v) is 2.31. The first-order valence-electron chi connectivity index (χ1n) is 4.86. The smallest absolute Gasteiger partial charge is 0.286 e. The molecule has 1 heterocycles. The number of rotatable bonds is 2. The molecule has 1 aliphatic heterocycles. The van der Waals surface area contributed by atoms with E-state index in [0.29, 0.717) is 10.5 Å². The van der Waals surface area contributed by atoms with Crippen molar-refractivity contribution in [3.05, 3.63) is 27.6 Å². The molecule has 94 valence electrons. The summed E-state index contributed by atoms with van der Waals surface area (Å²) in [4.78, 5) is 15.4. The van der Waals surface area contributed by atoms with E-state index in [2.05, 4.69) is 4.99 Å². The molecular weight excluding hydrogens is 276 g/mol. The zero-order valence-electron chi connectivity index (χ0n) is 9.31. The van der Waals surface area contributed by atoms with E-state index in [0.717, 1.165) is 11.8 Å². The number of nitrogens with zero attached hydrogens (tertiary/aromatic N) is 1. The van der Waals surface area contributed by atoms with Crippen molar-refractivity contribution in [2.45, 2.75) is 0 Å². The van der Waals surface area contributed by atoms with Crippen molar-refractivity contribution in [2.24, 2.45) is 10.7 Å². The van der Waals surface area contributed by atoms with E-state index in [1.54, 1.807) is 12.1 Å². The number of thioether (sulfide) groups is 1. The molecule has 1 aromatic carbocycles. The maximum atomic E-state index is 11.4. The van der Waals surface area contributed by atoms with Gasteiger partial charge in [-0.1, -0.05) is 11.6 Å². The van der Waals surface area contributed by atoms with Crippen LogP contribution in [0.4, 0.5) is 0 Å². The van der Waals surface area contributed by atoms with Gasteiger partial charge in [0.1, 0.15) is 0 Å². The molecule has 2 rings (SSSR count). The van der Waals surface area contributed by atoms with Crippen molar-refractivity contribution in [1.82, 2.24) is 0 Å². The lowest BCUT2D eigenvalue weighted by Gasteiger charge is -2.06. The van der Waals surface area contributed by atoms with Crippen LogP contribution in [-0.4, -0.2) is 23.3 Å². The van der Waals surface area contributed by atoms with Gasteiger partial charge < -0.3 is 15.6 Å². The second-order valence-electron chi connectivity index (χ2n) is 3.42. The molecule has 3 N–H and O–H groups in total. The number of amides is 1. The number of aromatic hydroxyl groups is 1. The van der Waals surface area contributed by atoms with Gasteiger partial charge in [-0.25, -0.2) is 0 Å². The summed E-state index contributed by atoms with van der Waals surface area (Å²) >= 11 is 6.93. The SMILES string of the molecule is COc1cc(C=C2SC(N)=NC2=O)cc(Cl)c1O. The molecule has 0 unspecified atom stereocenters. The van der Waals surface area contributed by atoms with Crippen molar-refractivity contribution >= 4 is 40.5 Å². The highest BCUT2D eigenvalue weighted by Gasteiger charge is 2.19. The first-order chi connectivity index (χ1) is 8.51. The third-order valence-corrected chi connectivity index (χ3v) is 3.31. The summed E-state index contributed by atoms with van der Waals surface area (Å²) in [7, 11) is 1.42. The number of hydrogen-bond donors (Lipinski definition) is 2. The highest BCUT2D eigenvalue weighted by molar-refractivity contribution is 8.18. The van der Waals surface area contributed by atoms with Crippen molar-refractivity contribution < 1.29 is 14.6 Å². The van der Waals surface area contributed by atoms with Crippen molar-refractivity contribution in [3.8, 4) is 11.5 Å². The Kier molecular flexibility index (Phi) is 3.49. The van der Waals surface area contributed by atoms with Crippen molar-refractivity contribution in [3.63, 3.8) is 0 Å². The number of carbonyl (C=O) groups excluding carboxylic acids is 1. The first kappa shape index (κ1) is 12.8. The number of amidine groups is 1. The van der Waals surface area contributed by atoms with Crippen LogP contribution in [0.15, 0.2) is 22.0 Å². The van der Waals surface area contributed by atoms with Gasteiger partial charge in [0.2, 0.25) is 0 Å². The van der Waals surface area contributed by atoms with Crippen LogP contribution in [0.3, 0.4) is 0 Å². The molecule has 0 aliphatic carbocycles. The van der Waals surface area contributed by atoms with E-state index in [1.165, 1.54) is 13.2 Å². The van der Waals surface area contributed by atoms with Gasteiger partial charge in [0.05, 0.1) is 17.0 Å². The van der Waals surface area contributed by atoms with Crippen molar-refractivity contribution in [1.29, 1.82) is 0 Å². The minimum atomic E-state index is -0.388. The highest BCUT2D eigenvalue weighted by atomic mass is 35.5. The fraction of sp³-hybridized carbons (Fsp3) is 0.0909. The average molecular weight is 285 g/mol. The van der Waals surface area contributed by atoms with Crippen LogP contribution in [0, 0.1) is 0 Å². The fourth-order valence-electron chi connectivity index (χ4n) is 1.41. The van der Waals surface area contributed by atoms with Gasteiger partial charge in [-0.05, 0) is 35.5 Å². The topological polar surface area (TPSA) is 84.9 Å². The minimum absolute atomic E-state index is 0.137. The largest absolute Gasteiger partial charge is 0.503 e. The zero-order valence-corrected chi connectivity index (χ0v) is 10.9. The Morgan fingerprint density at radius 3 is 2.83 bits per heavy atom. The Morgan fingerprint density at radius 1 is 1.56 bits per heavy atom. The molecule has 7 heteroatoms. The van der Waals surface area contributed by atoms with Crippen LogP contribution >= 0.6 is 23.4 Å². The number of halogens is 1. The maximum absolute atomic E-state index is 11.4. The Bertz CT molecular complexity index is 584. The summed E-state index contributed by atoms with van der Waals surface area (Å²) in [5.41, 5.74) is 6.06. The lowest BCUT2D eigenvalue weighted by molar-refractivity contribution is -0.113.